The number of ether oxygens (including phenoxy) is 1. The van der Waals surface area contributed by atoms with Gasteiger partial charge in [0, 0.05) is 30.4 Å². The molecule has 7 nitrogen and oxygen atoms in total. The molecule has 0 aliphatic carbocycles. The fourth-order valence-electron chi connectivity index (χ4n) is 4.46. The van der Waals surface area contributed by atoms with Crippen LogP contribution in [0.15, 0.2) is 71.8 Å². The first kappa shape index (κ1) is 23.8. The molecule has 36 heavy (non-hydrogen) atoms. The maximum Gasteiger partial charge on any atom is 0.253 e. The van der Waals surface area contributed by atoms with Gasteiger partial charge < -0.3 is 14.1 Å². The third kappa shape index (κ3) is 4.62. The molecule has 0 atom stereocenters. The second kappa shape index (κ2) is 10.3. The van der Waals surface area contributed by atoms with Crippen LogP contribution in [0.4, 0.5) is 5.82 Å². The largest absolute Gasteiger partial charge is 0.451 e. The van der Waals surface area contributed by atoms with Crippen molar-refractivity contribution in [1.29, 1.82) is 0 Å². The molecule has 0 N–H and O–H groups in total. The van der Waals surface area contributed by atoms with Crippen LogP contribution in [0.3, 0.4) is 0 Å². The maximum atomic E-state index is 6.48. The minimum Gasteiger partial charge on any atom is -0.451 e. The number of furan rings is 1. The van der Waals surface area contributed by atoms with E-state index in [9.17, 15) is 0 Å². The standard InChI is InChI=1S/C29H31N5O2/c1-5-7-8-11-22(6-2)26-21(4)25-27(36-26)28(33-15-17-35-18-16-33)31-29(30-25)34-14-13-24(32-34)23-12-9-10-20(3)19-23/h5,7-14,19H,1,6,15-18H2,2-4H3/b8-7-,22-11+. The Balaban J connectivity index is 1.65. The summed E-state index contributed by atoms with van der Waals surface area (Å²) in [6.45, 7) is 12.8. The van der Waals surface area contributed by atoms with Gasteiger partial charge in [-0.25, -0.2) is 9.67 Å². The number of aryl methyl sites for hydroxylation is 2. The van der Waals surface area contributed by atoms with E-state index in [-0.39, 0.29) is 0 Å². The van der Waals surface area contributed by atoms with E-state index < -0.39 is 0 Å². The lowest BCUT2D eigenvalue weighted by Gasteiger charge is -2.27. The molecule has 0 bridgehead atoms. The van der Waals surface area contributed by atoms with Gasteiger partial charge in [-0.05, 0) is 38.0 Å². The highest BCUT2D eigenvalue weighted by atomic mass is 16.5. The number of hydrogen-bond acceptors (Lipinski definition) is 6. The molecule has 1 aliphatic rings. The third-order valence-electron chi connectivity index (χ3n) is 6.37. The summed E-state index contributed by atoms with van der Waals surface area (Å²) in [7, 11) is 0. The van der Waals surface area contributed by atoms with E-state index in [1.165, 1.54) is 5.56 Å². The number of morpholine rings is 1. The van der Waals surface area contributed by atoms with E-state index in [1.54, 1.807) is 10.8 Å². The van der Waals surface area contributed by atoms with Crippen molar-refractivity contribution in [2.24, 2.45) is 0 Å². The van der Waals surface area contributed by atoms with Crippen LogP contribution in [0.5, 0.6) is 0 Å². The molecular formula is C29H31N5O2. The second-order valence-corrected chi connectivity index (χ2v) is 8.86. The summed E-state index contributed by atoms with van der Waals surface area (Å²) in [4.78, 5) is 12.1. The summed E-state index contributed by atoms with van der Waals surface area (Å²) in [6.07, 6.45) is 10.5. The van der Waals surface area contributed by atoms with Crippen molar-refractivity contribution in [3.05, 3.63) is 84.3 Å². The molecule has 4 heterocycles. The highest BCUT2D eigenvalue weighted by molar-refractivity contribution is 5.91. The smallest absolute Gasteiger partial charge is 0.253 e. The van der Waals surface area contributed by atoms with Gasteiger partial charge in [-0.2, -0.15) is 10.1 Å². The lowest BCUT2D eigenvalue weighted by Crippen LogP contribution is -2.37. The van der Waals surface area contributed by atoms with Crippen molar-refractivity contribution in [1.82, 2.24) is 19.7 Å². The van der Waals surface area contributed by atoms with E-state index in [2.05, 4.69) is 56.5 Å². The highest BCUT2D eigenvalue weighted by Gasteiger charge is 2.25. The van der Waals surface area contributed by atoms with Crippen LogP contribution in [0.2, 0.25) is 0 Å². The first-order valence-electron chi connectivity index (χ1n) is 12.3. The van der Waals surface area contributed by atoms with Gasteiger partial charge in [0.2, 0.25) is 0 Å². The van der Waals surface area contributed by atoms with Gasteiger partial charge in [-0.1, -0.05) is 61.6 Å². The Morgan fingerprint density at radius 2 is 1.94 bits per heavy atom. The molecule has 3 aromatic heterocycles. The number of nitrogens with zero attached hydrogens (tertiary/aromatic N) is 5. The van der Waals surface area contributed by atoms with Gasteiger partial charge >= 0.3 is 0 Å². The molecule has 5 rings (SSSR count). The van der Waals surface area contributed by atoms with Crippen LogP contribution < -0.4 is 4.90 Å². The Morgan fingerprint density at radius 1 is 1.11 bits per heavy atom. The number of benzene rings is 1. The molecule has 0 amide bonds. The van der Waals surface area contributed by atoms with Crippen molar-refractivity contribution in [2.75, 3.05) is 31.2 Å². The minimum absolute atomic E-state index is 0.520. The number of anilines is 1. The molecular weight excluding hydrogens is 450 g/mol. The van der Waals surface area contributed by atoms with Crippen molar-refractivity contribution >= 4 is 22.5 Å². The molecule has 1 aliphatic heterocycles. The number of aromatic nitrogens is 4. The lowest BCUT2D eigenvalue weighted by molar-refractivity contribution is 0.122. The average molecular weight is 482 g/mol. The second-order valence-electron chi connectivity index (χ2n) is 8.86. The van der Waals surface area contributed by atoms with Crippen LogP contribution >= 0.6 is 0 Å². The van der Waals surface area contributed by atoms with Gasteiger partial charge in [0.15, 0.2) is 11.4 Å². The summed E-state index contributed by atoms with van der Waals surface area (Å²) in [5.74, 6) is 2.13. The van der Waals surface area contributed by atoms with Gasteiger partial charge in [0.25, 0.3) is 5.95 Å². The van der Waals surface area contributed by atoms with Crippen LogP contribution in [0.1, 0.15) is 30.2 Å². The highest BCUT2D eigenvalue weighted by Crippen LogP contribution is 2.36. The van der Waals surface area contributed by atoms with Gasteiger partial charge in [-0.3, -0.25) is 0 Å². The molecule has 0 radical (unpaired) electrons. The summed E-state index contributed by atoms with van der Waals surface area (Å²) >= 11 is 0. The normalized spacial score (nSPS) is 14.8. The summed E-state index contributed by atoms with van der Waals surface area (Å²) in [6, 6.07) is 10.3. The first-order chi connectivity index (χ1) is 17.6. The van der Waals surface area contributed by atoms with Gasteiger partial charge in [0.05, 0.1) is 18.9 Å². The van der Waals surface area contributed by atoms with Crippen LogP contribution in [0.25, 0.3) is 33.9 Å². The maximum absolute atomic E-state index is 6.48. The van der Waals surface area contributed by atoms with Crippen molar-refractivity contribution < 1.29 is 9.15 Å². The molecule has 1 fully saturated rings. The summed E-state index contributed by atoms with van der Waals surface area (Å²) < 4.78 is 13.8. The zero-order chi connectivity index (χ0) is 25.1. The summed E-state index contributed by atoms with van der Waals surface area (Å²) in [5.41, 5.74) is 6.73. The number of rotatable bonds is 7. The molecule has 0 spiro atoms. The molecule has 0 saturated carbocycles. The van der Waals surface area contributed by atoms with Crippen LogP contribution in [0, 0.1) is 13.8 Å². The van der Waals surface area contributed by atoms with Crippen LogP contribution in [-0.2, 0) is 4.74 Å². The Morgan fingerprint density at radius 3 is 2.69 bits per heavy atom. The van der Waals surface area contributed by atoms with E-state index in [0.717, 1.165) is 59.0 Å². The monoisotopic (exact) mass is 481 g/mol. The molecule has 0 unspecified atom stereocenters. The van der Waals surface area contributed by atoms with Crippen molar-refractivity contribution in [2.45, 2.75) is 27.2 Å². The molecule has 1 saturated heterocycles. The molecule has 1 aromatic carbocycles. The molecule has 184 valence electrons. The Labute approximate surface area is 211 Å². The topological polar surface area (TPSA) is 69.2 Å². The Hall–Kier alpha value is -3.97. The van der Waals surface area contributed by atoms with Crippen molar-refractivity contribution in [3.63, 3.8) is 0 Å². The van der Waals surface area contributed by atoms with E-state index in [4.69, 9.17) is 24.2 Å². The zero-order valence-electron chi connectivity index (χ0n) is 21.1. The van der Waals surface area contributed by atoms with Crippen LogP contribution in [-0.4, -0.2) is 46.1 Å². The van der Waals surface area contributed by atoms with E-state index in [0.29, 0.717) is 24.7 Å². The summed E-state index contributed by atoms with van der Waals surface area (Å²) in [5, 5.41) is 4.81. The fourth-order valence-corrected chi connectivity index (χ4v) is 4.46. The van der Waals surface area contributed by atoms with E-state index in [1.807, 2.05) is 30.5 Å². The SMILES string of the molecule is C=C/C=C\C=C(/CC)c1oc2c(N3CCOCC3)nc(-n3ccc(-c4cccc(C)c4)n3)nc2c1C. The first-order valence-corrected chi connectivity index (χ1v) is 12.3. The predicted molar refractivity (Wildman–Crippen MR) is 144 cm³/mol. The number of hydrogen-bond donors (Lipinski definition) is 0. The lowest BCUT2D eigenvalue weighted by atomic mass is 10.1. The molecule has 7 heteroatoms. The molecule has 4 aromatic rings. The number of fused-ring (bicyclic) bond motifs is 1. The van der Waals surface area contributed by atoms with Gasteiger partial charge in [0.1, 0.15) is 11.3 Å². The van der Waals surface area contributed by atoms with Crippen molar-refractivity contribution in [3.8, 4) is 17.2 Å². The van der Waals surface area contributed by atoms with Gasteiger partial charge in [-0.15, -0.1) is 0 Å². The third-order valence-corrected chi connectivity index (χ3v) is 6.37. The minimum atomic E-state index is 0.520. The predicted octanol–water partition coefficient (Wildman–Crippen LogP) is 6.06. The Bertz CT molecular complexity index is 1450. The number of allylic oxidation sites excluding steroid dienone is 5. The van der Waals surface area contributed by atoms with E-state index >= 15 is 0 Å². The fraction of sp³-hybridized carbons (Fsp3) is 0.276. The average Bonchev–Trinajstić information content (AvgIpc) is 3.52. The zero-order valence-corrected chi connectivity index (χ0v) is 21.1. The Kier molecular flexibility index (Phi) is 6.82. The quantitative estimate of drug-likeness (QED) is 0.299.